The lowest BCUT2D eigenvalue weighted by molar-refractivity contribution is 0.0638. The molecule has 0 spiro atoms. The lowest BCUT2D eigenvalue weighted by Crippen LogP contribution is -2.39. The molecule has 0 radical (unpaired) electrons. The first-order valence-electron chi connectivity index (χ1n) is 9.84. The van der Waals surface area contributed by atoms with Crippen molar-refractivity contribution >= 4 is 17.4 Å². The number of hydrogen-bond donors (Lipinski definition) is 0. The summed E-state index contributed by atoms with van der Waals surface area (Å²) < 4.78 is 18.0. The third-order valence-corrected chi connectivity index (χ3v) is 5.38. The molecule has 2 aliphatic rings. The molecule has 5 nitrogen and oxygen atoms in total. The minimum atomic E-state index is -0.515. The van der Waals surface area contributed by atoms with Crippen LogP contribution in [0.3, 0.4) is 0 Å². The number of para-hydroxylation sites is 1. The van der Waals surface area contributed by atoms with Crippen LogP contribution in [0.25, 0.3) is 5.57 Å². The van der Waals surface area contributed by atoms with Gasteiger partial charge >= 0.3 is 0 Å². The summed E-state index contributed by atoms with van der Waals surface area (Å²) in [6.07, 6.45) is 2.97. The Kier molecular flexibility index (Phi) is 5.71. The molecule has 4 rings (SSSR count). The van der Waals surface area contributed by atoms with Crippen LogP contribution in [0.1, 0.15) is 32.7 Å². The fourth-order valence-corrected chi connectivity index (χ4v) is 3.85. The first kappa shape index (κ1) is 19.3. The Morgan fingerprint density at radius 3 is 2.17 bits per heavy atom. The highest BCUT2D eigenvalue weighted by atomic mass is 19.1. The molecule has 0 aliphatic carbocycles. The Labute approximate surface area is 169 Å². The highest BCUT2D eigenvalue weighted by Crippen LogP contribution is 2.30. The Bertz CT molecular complexity index is 922. The van der Waals surface area contributed by atoms with Gasteiger partial charge in [-0.15, -0.1) is 0 Å². The summed E-state index contributed by atoms with van der Waals surface area (Å²) in [5, 5.41) is 0. The number of alkyl halides is 1. The Morgan fingerprint density at radius 1 is 0.897 bits per heavy atom. The molecular formula is C23H23FN2O3. The lowest BCUT2D eigenvalue weighted by Gasteiger charge is -2.28. The summed E-state index contributed by atoms with van der Waals surface area (Å²) in [5.74, 6) is 0.284. The molecule has 0 atom stereocenters. The highest BCUT2D eigenvalue weighted by Gasteiger charge is 2.35. The minimum absolute atomic E-state index is 0.0523. The van der Waals surface area contributed by atoms with Gasteiger partial charge in [0.1, 0.15) is 19.0 Å². The van der Waals surface area contributed by atoms with Gasteiger partial charge in [0, 0.05) is 31.7 Å². The van der Waals surface area contributed by atoms with Crippen molar-refractivity contribution in [1.82, 2.24) is 9.80 Å². The largest absolute Gasteiger partial charge is 0.490 e. The van der Waals surface area contributed by atoms with Gasteiger partial charge in [-0.3, -0.25) is 19.4 Å². The van der Waals surface area contributed by atoms with Gasteiger partial charge in [-0.25, -0.2) is 4.39 Å². The molecule has 2 heterocycles. The zero-order valence-corrected chi connectivity index (χ0v) is 16.1. The topological polar surface area (TPSA) is 49.9 Å². The Balaban J connectivity index is 1.37. The molecule has 29 heavy (non-hydrogen) atoms. The van der Waals surface area contributed by atoms with Gasteiger partial charge in [0.05, 0.1) is 11.1 Å². The first-order chi connectivity index (χ1) is 14.2. The van der Waals surface area contributed by atoms with Crippen LogP contribution in [0.2, 0.25) is 0 Å². The van der Waals surface area contributed by atoms with Gasteiger partial charge in [0.15, 0.2) is 0 Å². The number of amides is 2. The lowest BCUT2D eigenvalue weighted by atomic mass is 9.98. The molecule has 2 amide bonds. The maximum Gasteiger partial charge on any atom is 0.261 e. The third kappa shape index (κ3) is 3.93. The van der Waals surface area contributed by atoms with E-state index in [9.17, 15) is 14.0 Å². The van der Waals surface area contributed by atoms with E-state index in [2.05, 4.69) is 11.0 Å². The number of imide groups is 1. The van der Waals surface area contributed by atoms with E-state index in [1.807, 2.05) is 24.3 Å². The van der Waals surface area contributed by atoms with Crippen molar-refractivity contribution in [3.63, 3.8) is 0 Å². The van der Waals surface area contributed by atoms with Crippen LogP contribution in [-0.4, -0.2) is 61.1 Å². The van der Waals surface area contributed by atoms with Crippen molar-refractivity contribution < 1.29 is 18.7 Å². The van der Waals surface area contributed by atoms with Crippen LogP contribution >= 0.6 is 0 Å². The molecule has 0 fully saturated rings. The number of fused-ring (bicyclic) bond motifs is 1. The summed E-state index contributed by atoms with van der Waals surface area (Å²) in [6.45, 7) is 2.11. The van der Waals surface area contributed by atoms with Crippen LogP contribution < -0.4 is 4.74 Å². The molecule has 0 N–H and O–H groups in total. The van der Waals surface area contributed by atoms with Crippen LogP contribution in [0, 0.1) is 0 Å². The number of ether oxygens (including phenoxy) is 1. The maximum absolute atomic E-state index is 12.5. The van der Waals surface area contributed by atoms with Crippen molar-refractivity contribution in [2.75, 3.05) is 39.5 Å². The average molecular weight is 394 g/mol. The van der Waals surface area contributed by atoms with Crippen LogP contribution in [-0.2, 0) is 0 Å². The normalized spacial score (nSPS) is 16.7. The van der Waals surface area contributed by atoms with Gasteiger partial charge in [-0.1, -0.05) is 36.4 Å². The van der Waals surface area contributed by atoms with Crippen molar-refractivity contribution in [3.05, 3.63) is 71.3 Å². The summed E-state index contributed by atoms with van der Waals surface area (Å²) >= 11 is 0. The van der Waals surface area contributed by atoms with Crippen LogP contribution in [0.4, 0.5) is 4.39 Å². The first-order valence-corrected chi connectivity index (χ1v) is 9.84. The molecule has 2 aromatic rings. The standard InChI is InChI=1S/C23H23FN2O3/c24-11-16-29-21-8-4-3-5-18(21)17-9-12-25(13-10-17)14-15-26-22(27)19-6-1-2-7-20(19)23(26)28/h1-9H,10-16H2. The number of hydrogen-bond acceptors (Lipinski definition) is 4. The van der Waals surface area contributed by atoms with Gasteiger partial charge in [-0.2, -0.15) is 0 Å². The highest BCUT2D eigenvalue weighted by molar-refractivity contribution is 6.21. The van der Waals surface area contributed by atoms with E-state index in [-0.39, 0.29) is 18.4 Å². The number of nitrogens with zero attached hydrogens (tertiary/aromatic N) is 2. The summed E-state index contributed by atoms with van der Waals surface area (Å²) in [5.41, 5.74) is 3.16. The van der Waals surface area contributed by atoms with Crippen LogP contribution in [0.5, 0.6) is 5.75 Å². The molecule has 2 aliphatic heterocycles. The van der Waals surface area contributed by atoms with Crippen molar-refractivity contribution in [2.24, 2.45) is 0 Å². The van der Waals surface area contributed by atoms with E-state index in [0.717, 1.165) is 25.1 Å². The molecule has 0 aromatic heterocycles. The van der Waals surface area contributed by atoms with Crippen molar-refractivity contribution in [1.29, 1.82) is 0 Å². The quantitative estimate of drug-likeness (QED) is 0.676. The number of rotatable bonds is 7. The summed E-state index contributed by atoms with van der Waals surface area (Å²) in [7, 11) is 0. The van der Waals surface area contributed by atoms with E-state index in [1.165, 1.54) is 10.5 Å². The van der Waals surface area contributed by atoms with E-state index < -0.39 is 6.67 Å². The minimum Gasteiger partial charge on any atom is -0.490 e. The molecule has 150 valence electrons. The van der Waals surface area contributed by atoms with E-state index in [0.29, 0.717) is 30.0 Å². The zero-order valence-electron chi connectivity index (χ0n) is 16.1. The monoisotopic (exact) mass is 394 g/mol. The predicted octanol–water partition coefficient (Wildman–Crippen LogP) is 3.42. The third-order valence-electron chi connectivity index (χ3n) is 5.38. The van der Waals surface area contributed by atoms with Gasteiger partial charge < -0.3 is 4.74 Å². The summed E-state index contributed by atoms with van der Waals surface area (Å²) in [6, 6.07) is 14.7. The molecule has 0 bridgehead atoms. The molecule has 2 aromatic carbocycles. The Hall–Kier alpha value is -2.99. The SMILES string of the molecule is O=C1c2ccccc2C(=O)N1CCN1CC=C(c2ccccc2OCCF)CC1. The number of carbonyl (C=O) groups excluding carboxylic acids is 2. The number of carbonyl (C=O) groups is 2. The van der Waals surface area contributed by atoms with Crippen LogP contribution in [0.15, 0.2) is 54.6 Å². The molecule has 0 unspecified atom stereocenters. The van der Waals surface area contributed by atoms with Gasteiger partial charge in [-0.05, 0) is 30.2 Å². The second-order valence-electron chi connectivity index (χ2n) is 7.12. The molecular weight excluding hydrogens is 371 g/mol. The number of benzene rings is 2. The zero-order chi connectivity index (χ0) is 20.2. The maximum atomic E-state index is 12.5. The number of halogens is 1. The smallest absolute Gasteiger partial charge is 0.261 e. The van der Waals surface area contributed by atoms with Gasteiger partial charge in [0.25, 0.3) is 11.8 Å². The molecule has 6 heteroatoms. The fourth-order valence-electron chi connectivity index (χ4n) is 3.85. The van der Waals surface area contributed by atoms with Crippen molar-refractivity contribution in [3.8, 4) is 5.75 Å². The summed E-state index contributed by atoms with van der Waals surface area (Å²) in [4.78, 5) is 28.5. The van der Waals surface area contributed by atoms with E-state index >= 15 is 0 Å². The van der Waals surface area contributed by atoms with E-state index in [4.69, 9.17) is 4.74 Å². The molecule has 0 saturated heterocycles. The predicted molar refractivity (Wildman–Crippen MR) is 109 cm³/mol. The van der Waals surface area contributed by atoms with Gasteiger partial charge in [0.2, 0.25) is 0 Å². The molecule has 0 saturated carbocycles. The second-order valence-corrected chi connectivity index (χ2v) is 7.12. The van der Waals surface area contributed by atoms with Crippen molar-refractivity contribution in [2.45, 2.75) is 6.42 Å². The fraction of sp³-hybridized carbons (Fsp3) is 0.304. The van der Waals surface area contributed by atoms with E-state index in [1.54, 1.807) is 24.3 Å². The second kappa shape index (κ2) is 8.57. The Morgan fingerprint density at radius 2 is 1.55 bits per heavy atom. The average Bonchev–Trinajstić information content (AvgIpc) is 3.01.